The van der Waals surface area contributed by atoms with Crippen LogP contribution in [0.3, 0.4) is 0 Å². The Bertz CT molecular complexity index is 813. The minimum Gasteiger partial charge on any atom is -0.497 e. The molecule has 7 heteroatoms. The van der Waals surface area contributed by atoms with E-state index < -0.39 is 17.7 Å². The van der Waals surface area contributed by atoms with Crippen molar-refractivity contribution >= 4 is 11.8 Å². The molecule has 0 bridgehead atoms. The normalized spacial score (nSPS) is 24.8. The summed E-state index contributed by atoms with van der Waals surface area (Å²) in [4.78, 5) is 31.3. The van der Waals surface area contributed by atoms with E-state index in [0.29, 0.717) is 19.4 Å². The molecule has 2 saturated heterocycles. The maximum absolute atomic E-state index is 13.6. The molecule has 182 valence electrons. The van der Waals surface area contributed by atoms with Gasteiger partial charge >= 0.3 is 0 Å². The van der Waals surface area contributed by atoms with Crippen LogP contribution in [-0.2, 0) is 16.1 Å². The van der Waals surface area contributed by atoms with E-state index in [2.05, 4.69) is 29.3 Å². The number of aliphatic hydroxyl groups excluding tert-OH is 1. The van der Waals surface area contributed by atoms with Crippen LogP contribution in [-0.4, -0.2) is 71.1 Å². The van der Waals surface area contributed by atoms with Crippen LogP contribution >= 0.6 is 0 Å². The second-order valence-corrected chi connectivity index (χ2v) is 9.99. The molecular weight excluding hydrogens is 418 g/mol. The van der Waals surface area contributed by atoms with Crippen LogP contribution in [0.15, 0.2) is 24.3 Å². The largest absolute Gasteiger partial charge is 0.497 e. The summed E-state index contributed by atoms with van der Waals surface area (Å²) in [5.74, 6) is 0.776. The highest BCUT2D eigenvalue weighted by Gasteiger charge is 2.55. The number of aliphatic hydroxyl groups is 1. The number of methoxy groups -OCH3 is 1. The second-order valence-electron chi connectivity index (χ2n) is 9.99. The summed E-state index contributed by atoms with van der Waals surface area (Å²) in [7, 11) is 1.66. The lowest BCUT2D eigenvalue weighted by Crippen LogP contribution is -2.75. The Labute approximate surface area is 197 Å². The van der Waals surface area contributed by atoms with Gasteiger partial charge in [-0.3, -0.25) is 14.5 Å². The summed E-state index contributed by atoms with van der Waals surface area (Å²) in [6.45, 7) is 5.00. The number of piperazine rings is 1. The van der Waals surface area contributed by atoms with Crippen LogP contribution < -0.4 is 10.1 Å². The van der Waals surface area contributed by atoms with E-state index in [-0.39, 0.29) is 17.7 Å². The summed E-state index contributed by atoms with van der Waals surface area (Å²) in [6.07, 6.45) is 6.31. The van der Waals surface area contributed by atoms with E-state index >= 15 is 0 Å². The minimum atomic E-state index is -0.805. The SMILES string of the molecule is CCCCN1C(=O)[C@@H]([C@H](O)C2CCCC2)NC(=O)C12CCN(Cc1ccc(OC)cc1)CC2. The highest BCUT2D eigenvalue weighted by Crippen LogP contribution is 2.36. The van der Waals surface area contributed by atoms with E-state index in [1.54, 1.807) is 7.11 Å². The molecule has 0 radical (unpaired) electrons. The monoisotopic (exact) mass is 457 g/mol. The number of likely N-dealkylation sites (tertiary alicyclic amines) is 1. The summed E-state index contributed by atoms with van der Waals surface area (Å²) in [5.41, 5.74) is 0.410. The number of ether oxygens (including phenoxy) is 1. The van der Waals surface area contributed by atoms with Crippen molar-refractivity contribution in [2.24, 2.45) is 5.92 Å². The summed E-state index contributed by atoms with van der Waals surface area (Å²) in [6, 6.07) is 7.28. The average Bonchev–Trinajstić information content (AvgIpc) is 3.38. The topological polar surface area (TPSA) is 82.1 Å². The predicted molar refractivity (Wildman–Crippen MR) is 127 cm³/mol. The number of hydrogen-bond donors (Lipinski definition) is 2. The van der Waals surface area contributed by atoms with Crippen LogP contribution in [0.5, 0.6) is 5.75 Å². The van der Waals surface area contributed by atoms with Crippen LogP contribution in [0.2, 0.25) is 0 Å². The Morgan fingerprint density at radius 2 is 1.82 bits per heavy atom. The molecule has 1 saturated carbocycles. The highest BCUT2D eigenvalue weighted by atomic mass is 16.5. The fourth-order valence-corrected chi connectivity index (χ4v) is 5.85. The van der Waals surface area contributed by atoms with Gasteiger partial charge in [0.15, 0.2) is 0 Å². The molecule has 1 aromatic rings. The molecule has 7 nitrogen and oxygen atoms in total. The zero-order chi connectivity index (χ0) is 23.4. The third-order valence-corrected chi connectivity index (χ3v) is 7.97. The van der Waals surface area contributed by atoms with Gasteiger partial charge in [0.1, 0.15) is 17.3 Å². The van der Waals surface area contributed by atoms with E-state index in [9.17, 15) is 14.7 Å². The third-order valence-electron chi connectivity index (χ3n) is 7.97. The van der Waals surface area contributed by atoms with Crippen molar-refractivity contribution in [3.05, 3.63) is 29.8 Å². The standard InChI is InChI=1S/C26H39N3O4/c1-3-4-15-29-24(31)22(23(30)20-7-5-6-8-20)27-25(32)26(29)13-16-28(17-14-26)18-19-9-11-21(33-2)12-10-19/h9-12,20,22-23,30H,3-8,13-18H2,1-2H3,(H,27,32)/t22-,23-/m1/s1. The molecule has 2 amide bonds. The van der Waals surface area contributed by atoms with Crippen molar-refractivity contribution in [3.8, 4) is 5.75 Å². The van der Waals surface area contributed by atoms with E-state index in [1.807, 2.05) is 17.0 Å². The highest BCUT2D eigenvalue weighted by molar-refractivity contribution is 6.00. The van der Waals surface area contributed by atoms with Crippen molar-refractivity contribution < 1.29 is 19.4 Å². The van der Waals surface area contributed by atoms with E-state index in [0.717, 1.165) is 63.9 Å². The predicted octanol–water partition coefficient (Wildman–Crippen LogP) is 2.71. The third kappa shape index (κ3) is 4.90. The molecule has 0 unspecified atom stereocenters. The van der Waals surface area contributed by atoms with Gasteiger partial charge in [0, 0.05) is 26.2 Å². The fourth-order valence-electron chi connectivity index (χ4n) is 5.85. The van der Waals surface area contributed by atoms with Gasteiger partial charge in [0.05, 0.1) is 13.2 Å². The molecule has 1 aliphatic carbocycles. The first kappa shape index (κ1) is 24.0. The number of hydrogen-bond acceptors (Lipinski definition) is 5. The lowest BCUT2D eigenvalue weighted by Gasteiger charge is -2.52. The number of rotatable bonds is 8. The van der Waals surface area contributed by atoms with Crippen molar-refractivity contribution in [1.29, 1.82) is 0 Å². The first-order valence-corrected chi connectivity index (χ1v) is 12.6. The zero-order valence-corrected chi connectivity index (χ0v) is 20.1. The van der Waals surface area contributed by atoms with Gasteiger partial charge in [-0.25, -0.2) is 0 Å². The maximum Gasteiger partial charge on any atom is 0.248 e. The van der Waals surface area contributed by atoms with Crippen molar-refractivity contribution in [2.45, 2.75) is 82.5 Å². The van der Waals surface area contributed by atoms with Crippen LogP contribution in [0.25, 0.3) is 0 Å². The molecule has 2 heterocycles. The lowest BCUT2D eigenvalue weighted by atomic mass is 9.80. The first-order chi connectivity index (χ1) is 16.0. The zero-order valence-electron chi connectivity index (χ0n) is 20.1. The molecule has 33 heavy (non-hydrogen) atoms. The van der Waals surface area contributed by atoms with E-state index in [4.69, 9.17) is 4.74 Å². The number of carbonyl (C=O) groups is 2. The molecule has 3 aliphatic rings. The number of benzene rings is 1. The number of carbonyl (C=O) groups excluding carboxylic acids is 2. The Kier molecular flexibility index (Phi) is 7.59. The molecule has 2 N–H and O–H groups in total. The quantitative estimate of drug-likeness (QED) is 0.627. The minimum absolute atomic E-state index is 0.0793. The smallest absolute Gasteiger partial charge is 0.248 e. The van der Waals surface area contributed by atoms with Gasteiger partial charge in [-0.05, 0) is 55.7 Å². The number of nitrogens with zero attached hydrogens (tertiary/aromatic N) is 2. The number of piperidine rings is 1. The fraction of sp³-hybridized carbons (Fsp3) is 0.692. The van der Waals surface area contributed by atoms with Crippen molar-refractivity contribution in [1.82, 2.24) is 15.1 Å². The van der Waals surface area contributed by atoms with Gasteiger partial charge in [-0.15, -0.1) is 0 Å². The Morgan fingerprint density at radius 1 is 1.15 bits per heavy atom. The van der Waals surface area contributed by atoms with E-state index in [1.165, 1.54) is 5.56 Å². The maximum atomic E-state index is 13.6. The molecule has 4 rings (SSSR count). The molecule has 1 aromatic carbocycles. The van der Waals surface area contributed by atoms with Gasteiger partial charge in [0.25, 0.3) is 0 Å². The Balaban J connectivity index is 1.46. The number of amides is 2. The van der Waals surface area contributed by atoms with Crippen LogP contribution in [0.1, 0.15) is 63.9 Å². The van der Waals surface area contributed by atoms with Crippen LogP contribution in [0.4, 0.5) is 0 Å². The molecule has 2 aliphatic heterocycles. The lowest BCUT2D eigenvalue weighted by molar-refractivity contribution is -0.165. The van der Waals surface area contributed by atoms with Gasteiger partial charge in [0.2, 0.25) is 11.8 Å². The molecule has 2 atom stereocenters. The van der Waals surface area contributed by atoms with Gasteiger partial charge < -0.3 is 20.1 Å². The summed E-state index contributed by atoms with van der Waals surface area (Å²) >= 11 is 0. The number of unbranched alkanes of at least 4 members (excludes halogenated alkanes) is 1. The Morgan fingerprint density at radius 3 is 2.42 bits per heavy atom. The molecule has 0 aromatic heterocycles. The van der Waals surface area contributed by atoms with Crippen LogP contribution in [0, 0.1) is 5.92 Å². The summed E-state index contributed by atoms with van der Waals surface area (Å²) < 4.78 is 5.24. The number of nitrogens with one attached hydrogen (secondary N) is 1. The second kappa shape index (κ2) is 10.4. The molecule has 1 spiro atoms. The first-order valence-electron chi connectivity index (χ1n) is 12.6. The molecular formula is C26H39N3O4. The van der Waals surface area contributed by atoms with Crippen molar-refractivity contribution in [2.75, 3.05) is 26.7 Å². The van der Waals surface area contributed by atoms with Crippen molar-refractivity contribution in [3.63, 3.8) is 0 Å². The summed E-state index contributed by atoms with van der Waals surface area (Å²) in [5, 5.41) is 13.9. The van der Waals surface area contributed by atoms with Gasteiger partial charge in [-0.1, -0.05) is 38.3 Å². The van der Waals surface area contributed by atoms with Gasteiger partial charge in [-0.2, -0.15) is 0 Å². The molecule has 3 fully saturated rings. The average molecular weight is 458 g/mol. The Hall–Kier alpha value is -2.12.